The molecule has 2 N–H and O–H groups in total. The van der Waals surface area contributed by atoms with Gasteiger partial charge in [0, 0.05) is 37.9 Å². The van der Waals surface area contributed by atoms with E-state index in [-0.39, 0.29) is 17.5 Å². The van der Waals surface area contributed by atoms with Crippen LogP contribution in [-0.4, -0.2) is 64.9 Å². The van der Waals surface area contributed by atoms with Crippen LogP contribution in [0.5, 0.6) is 5.75 Å². The number of amides is 2. The number of ether oxygens (including phenoxy) is 1. The van der Waals surface area contributed by atoms with E-state index in [0.29, 0.717) is 37.5 Å². The van der Waals surface area contributed by atoms with Gasteiger partial charge in [0.25, 0.3) is 11.8 Å². The van der Waals surface area contributed by atoms with Crippen LogP contribution in [0.1, 0.15) is 20.8 Å². The zero-order chi connectivity index (χ0) is 17.1. The number of aromatic nitrogens is 2. The maximum atomic E-state index is 12.5. The summed E-state index contributed by atoms with van der Waals surface area (Å²) in [5.41, 5.74) is 0.409. The zero-order valence-electron chi connectivity index (χ0n) is 13.2. The van der Waals surface area contributed by atoms with Crippen LogP contribution in [0.3, 0.4) is 0 Å². The molecule has 1 aliphatic rings. The molecule has 1 saturated heterocycles. The Morgan fingerprint density at radius 2 is 1.58 bits per heavy atom. The molecule has 0 aliphatic carbocycles. The normalized spacial score (nSPS) is 14.5. The number of hydrogen-bond donors (Lipinski definition) is 2. The summed E-state index contributed by atoms with van der Waals surface area (Å²) in [6, 6.07) is 6.94. The first kappa shape index (κ1) is 15.9. The number of aromatic amines is 2. The van der Waals surface area contributed by atoms with Gasteiger partial charge < -0.3 is 24.5 Å². The van der Waals surface area contributed by atoms with Gasteiger partial charge in [0.1, 0.15) is 11.4 Å². The molecule has 0 spiro atoms. The van der Waals surface area contributed by atoms with E-state index in [0.717, 1.165) is 0 Å². The smallest absolute Gasteiger partial charge is 0.323 e. The van der Waals surface area contributed by atoms with Crippen molar-refractivity contribution in [2.45, 2.75) is 0 Å². The van der Waals surface area contributed by atoms with Crippen LogP contribution < -0.4 is 10.4 Å². The Balaban J connectivity index is 1.60. The number of rotatable bonds is 3. The molecule has 0 radical (unpaired) electrons. The van der Waals surface area contributed by atoms with Gasteiger partial charge in [-0.1, -0.05) is 0 Å². The molecule has 0 bridgehead atoms. The summed E-state index contributed by atoms with van der Waals surface area (Å²) in [6.07, 6.45) is 1.36. The Hall–Kier alpha value is -3.03. The standard InChI is InChI=1S/C16H18N4O4/c1-24-12-4-2-11(3-5-12)14(21)19-6-8-20(9-7-19)15(22)13-10-17-16(23)18-13/h2-5,10H,6-9H2,1H3,(H2,17,18,23). The third-order valence-electron chi connectivity index (χ3n) is 4.02. The zero-order valence-corrected chi connectivity index (χ0v) is 13.2. The van der Waals surface area contributed by atoms with Crippen molar-refractivity contribution in [2.75, 3.05) is 33.3 Å². The van der Waals surface area contributed by atoms with Gasteiger partial charge in [0.05, 0.1) is 7.11 Å². The Labute approximate surface area is 138 Å². The summed E-state index contributed by atoms with van der Waals surface area (Å²) >= 11 is 0. The number of imidazole rings is 1. The van der Waals surface area contributed by atoms with Gasteiger partial charge in [0.2, 0.25) is 0 Å². The number of H-pyrrole nitrogens is 2. The number of carbonyl (C=O) groups excluding carboxylic acids is 2. The van der Waals surface area contributed by atoms with Crippen LogP contribution in [0.4, 0.5) is 0 Å². The molecule has 0 atom stereocenters. The maximum absolute atomic E-state index is 12.5. The predicted molar refractivity (Wildman–Crippen MR) is 86.2 cm³/mol. The van der Waals surface area contributed by atoms with Crippen LogP contribution in [-0.2, 0) is 0 Å². The second-order valence-electron chi connectivity index (χ2n) is 5.47. The van der Waals surface area contributed by atoms with E-state index in [1.807, 2.05) is 0 Å². The van der Waals surface area contributed by atoms with Crippen molar-refractivity contribution < 1.29 is 14.3 Å². The molecule has 2 heterocycles. The first-order chi connectivity index (χ1) is 11.6. The van der Waals surface area contributed by atoms with Gasteiger partial charge in [0.15, 0.2) is 0 Å². The van der Waals surface area contributed by atoms with Gasteiger partial charge in [-0.25, -0.2) is 4.79 Å². The van der Waals surface area contributed by atoms with Crippen LogP contribution in [0.2, 0.25) is 0 Å². The molecule has 8 heteroatoms. The van der Waals surface area contributed by atoms with E-state index >= 15 is 0 Å². The second kappa shape index (κ2) is 6.61. The molecule has 0 unspecified atom stereocenters. The highest BCUT2D eigenvalue weighted by Gasteiger charge is 2.26. The fourth-order valence-electron chi connectivity index (χ4n) is 2.65. The number of carbonyl (C=O) groups is 2. The highest BCUT2D eigenvalue weighted by Crippen LogP contribution is 2.14. The molecule has 24 heavy (non-hydrogen) atoms. The van der Waals surface area contributed by atoms with Crippen molar-refractivity contribution in [3.63, 3.8) is 0 Å². The van der Waals surface area contributed by atoms with Gasteiger partial charge >= 0.3 is 5.69 Å². The van der Waals surface area contributed by atoms with Crippen LogP contribution in [0.25, 0.3) is 0 Å². The molecule has 1 fully saturated rings. The van der Waals surface area contributed by atoms with Gasteiger partial charge in [-0.3, -0.25) is 9.59 Å². The molecule has 3 rings (SSSR count). The van der Waals surface area contributed by atoms with Gasteiger partial charge in [-0.2, -0.15) is 0 Å². The fourth-order valence-corrected chi connectivity index (χ4v) is 2.65. The lowest BCUT2D eigenvalue weighted by Gasteiger charge is -2.34. The van der Waals surface area contributed by atoms with E-state index < -0.39 is 5.69 Å². The number of methoxy groups -OCH3 is 1. The third-order valence-corrected chi connectivity index (χ3v) is 4.02. The Morgan fingerprint density at radius 1 is 1.00 bits per heavy atom. The van der Waals surface area contributed by atoms with Crippen LogP contribution in [0.15, 0.2) is 35.3 Å². The molecule has 0 saturated carbocycles. The minimum absolute atomic E-state index is 0.0696. The van der Waals surface area contributed by atoms with E-state index in [9.17, 15) is 14.4 Å². The van der Waals surface area contributed by atoms with Crippen LogP contribution in [0, 0.1) is 0 Å². The monoisotopic (exact) mass is 330 g/mol. The van der Waals surface area contributed by atoms with Crippen molar-refractivity contribution in [3.05, 3.63) is 52.2 Å². The number of hydrogen-bond acceptors (Lipinski definition) is 4. The molecular formula is C16H18N4O4. The molecular weight excluding hydrogens is 312 g/mol. The average molecular weight is 330 g/mol. The van der Waals surface area contributed by atoms with E-state index in [1.54, 1.807) is 41.2 Å². The number of benzene rings is 1. The van der Waals surface area contributed by atoms with Crippen molar-refractivity contribution in [1.82, 2.24) is 19.8 Å². The Bertz CT molecular complexity index is 785. The summed E-state index contributed by atoms with van der Waals surface area (Å²) < 4.78 is 5.08. The minimum Gasteiger partial charge on any atom is -0.497 e. The number of piperazine rings is 1. The maximum Gasteiger partial charge on any atom is 0.323 e. The molecule has 1 aromatic carbocycles. The van der Waals surface area contributed by atoms with Crippen molar-refractivity contribution in [1.29, 1.82) is 0 Å². The average Bonchev–Trinajstić information content (AvgIpc) is 3.07. The minimum atomic E-state index is -0.410. The lowest BCUT2D eigenvalue weighted by molar-refractivity contribution is 0.0532. The Morgan fingerprint density at radius 3 is 2.08 bits per heavy atom. The molecule has 8 nitrogen and oxygen atoms in total. The first-order valence-corrected chi connectivity index (χ1v) is 7.59. The number of nitrogens with one attached hydrogen (secondary N) is 2. The predicted octanol–water partition coefficient (Wildman–Crippen LogP) is 0.310. The van der Waals surface area contributed by atoms with Gasteiger partial charge in [-0.15, -0.1) is 0 Å². The van der Waals surface area contributed by atoms with Crippen LogP contribution >= 0.6 is 0 Å². The number of nitrogens with zero attached hydrogens (tertiary/aromatic N) is 2. The summed E-state index contributed by atoms with van der Waals surface area (Å²) in [5.74, 6) is 0.382. The lowest BCUT2D eigenvalue weighted by atomic mass is 10.1. The summed E-state index contributed by atoms with van der Waals surface area (Å²) in [7, 11) is 1.57. The SMILES string of the molecule is COc1ccc(C(=O)N2CCN(C(=O)c3c[nH]c(=O)[nH]3)CC2)cc1. The molecule has 1 aliphatic heterocycles. The fraction of sp³-hybridized carbons (Fsp3) is 0.312. The van der Waals surface area contributed by atoms with Crippen molar-refractivity contribution in [3.8, 4) is 5.75 Å². The highest BCUT2D eigenvalue weighted by atomic mass is 16.5. The second-order valence-corrected chi connectivity index (χ2v) is 5.47. The molecule has 126 valence electrons. The summed E-state index contributed by atoms with van der Waals surface area (Å²) in [5, 5.41) is 0. The molecule has 2 aromatic rings. The summed E-state index contributed by atoms with van der Waals surface area (Å²) in [4.78, 5) is 44.0. The molecule has 1 aromatic heterocycles. The first-order valence-electron chi connectivity index (χ1n) is 7.59. The van der Waals surface area contributed by atoms with Gasteiger partial charge in [-0.05, 0) is 24.3 Å². The van der Waals surface area contributed by atoms with E-state index in [4.69, 9.17) is 4.74 Å². The van der Waals surface area contributed by atoms with E-state index in [2.05, 4.69) is 9.97 Å². The Kier molecular flexibility index (Phi) is 4.37. The van der Waals surface area contributed by atoms with E-state index in [1.165, 1.54) is 6.20 Å². The topological polar surface area (TPSA) is 98.5 Å². The highest BCUT2D eigenvalue weighted by molar-refractivity contribution is 5.95. The largest absolute Gasteiger partial charge is 0.497 e. The van der Waals surface area contributed by atoms with Crippen molar-refractivity contribution >= 4 is 11.8 Å². The lowest BCUT2D eigenvalue weighted by Crippen LogP contribution is -2.50. The van der Waals surface area contributed by atoms with Crippen molar-refractivity contribution in [2.24, 2.45) is 0 Å². The molecule has 2 amide bonds. The quantitative estimate of drug-likeness (QED) is 0.846. The summed E-state index contributed by atoms with van der Waals surface area (Å²) in [6.45, 7) is 1.75. The third kappa shape index (κ3) is 3.17.